The second-order valence-electron chi connectivity index (χ2n) is 6.41. The van der Waals surface area contributed by atoms with Crippen LogP contribution in [0.2, 0.25) is 0 Å². The van der Waals surface area contributed by atoms with Crippen molar-refractivity contribution < 1.29 is 13.5 Å². The largest absolute Gasteiger partial charge is 0.385 e. The Bertz CT molecular complexity index is 790. The van der Waals surface area contributed by atoms with Crippen LogP contribution in [0.5, 0.6) is 0 Å². The molecule has 0 amide bonds. The number of aliphatic hydroxyl groups is 1. The maximum atomic E-state index is 12.2. The molecule has 0 saturated carbocycles. The lowest BCUT2D eigenvalue weighted by atomic mass is 9.85. The Hall–Kier alpha value is -1.39. The zero-order valence-corrected chi connectivity index (χ0v) is 12.5. The predicted molar refractivity (Wildman–Crippen MR) is 82.8 cm³/mol. The van der Waals surface area contributed by atoms with E-state index in [2.05, 4.69) is 0 Å². The Morgan fingerprint density at radius 3 is 2.24 bits per heavy atom. The molecule has 2 unspecified atom stereocenters. The van der Waals surface area contributed by atoms with E-state index in [0.717, 1.165) is 16.3 Å². The standard InChI is InChI=1S/C17H18O3S/c18-17(10-15-7-8-16(11-17)21(15,19)20)14-6-5-12-3-1-2-4-13(12)9-14/h1-6,9,15-16,18H,7-8,10-11H2. The summed E-state index contributed by atoms with van der Waals surface area (Å²) in [6.07, 6.45) is 2.07. The molecule has 4 rings (SSSR count). The predicted octanol–water partition coefficient (Wildman–Crippen LogP) is 2.77. The molecule has 2 aliphatic heterocycles. The van der Waals surface area contributed by atoms with Gasteiger partial charge in [0.15, 0.2) is 9.84 Å². The average molecular weight is 302 g/mol. The van der Waals surface area contributed by atoms with Crippen LogP contribution in [0, 0.1) is 0 Å². The van der Waals surface area contributed by atoms with Crippen LogP contribution in [0.15, 0.2) is 42.5 Å². The molecule has 2 fully saturated rings. The second-order valence-corrected chi connectivity index (χ2v) is 8.92. The van der Waals surface area contributed by atoms with Gasteiger partial charge in [-0.05, 0) is 48.1 Å². The third-order valence-corrected chi connectivity index (χ3v) is 7.82. The number of fused-ring (bicyclic) bond motifs is 3. The van der Waals surface area contributed by atoms with Gasteiger partial charge in [0.2, 0.25) is 0 Å². The average Bonchev–Trinajstić information content (AvgIpc) is 2.66. The summed E-state index contributed by atoms with van der Waals surface area (Å²) in [5.41, 5.74) is -0.144. The van der Waals surface area contributed by atoms with Crippen molar-refractivity contribution in [2.75, 3.05) is 0 Å². The van der Waals surface area contributed by atoms with Crippen LogP contribution in [0.3, 0.4) is 0 Å². The topological polar surface area (TPSA) is 54.4 Å². The fourth-order valence-corrected chi connectivity index (χ4v) is 6.45. The highest BCUT2D eigenvalue weighted by Gasteiger charge is 2.53. The molecule has 21 heavy (non-hydrogen) atoms. The summed E-state index contributed by atoms with van der Waals surface area (Å²) in [6.45, 7) is 0. The van der Waals surface area contributed by atoms with Gasteiger partial charge < -0.3 is 5.11 Å². The second kappa shape index (κ2) is 4.31. The molecule has 3 nitrogen and oxygen atoms in total. The van der Waals surface area contributed by atoms with Crippen LogP contribution in [0.25, 0.3) is 10.8 Å². The van der Waals surface area contributed by atoms with Gasteiger partial charge in [0, 0.05) is 0 Å². The van der Waals surface area contributed by atoms with Gasteiger partial charge in [-0.1, -0.05) is 36.4 Å². The Kier molecular flexibility index (Phi) is 2.72. The Morgan fingerprint density at radius 1 is 0.952 bits per heavy atom. The van der Waals surface area contributed by atoms with Crippen LogP contribution in [0.1, 0.15) is 31.2 Å². The molecule has 2 aromatic carbocycles. The van der Waals surface area contributed by atoms with E-state index in [9.17, 15) is 13.5 Å². The fourth-order valence-electron chi connectivity index (χ4n) is 3.96. The molecular weight excluding hydrogens is 284 g/mol. The van der Waals surface area contributed by atoms with Gasteiger partial charge in [0.1, 0.15) is 0 Å². The highest BCUT2D eigenvalue weighted by molar-refractivity contribution is 7.93. The molecule has 2 aromatic rings. The lowest BCUT2D eigenvalue weighted by Crippen LogP contribution is -2.43. The van der Waals surface area contributed by atoms with Gasteiger partial charge in [0.25, 0.3) is 0 Å². The van der Waals surface area contributed by atoms with Gasteiger partial charge in [-0.25, -0.2) is 8.42 Å². The maximum Gasteiger partial charge on any atom is 0.156 e. The monoisotopic (exact) mass is 302 g/mol. The molecular formula is C17H18O3S. The van der Waals surface area contributed by atoms with Gasteiger partial charge in [0.05, 0.1) is 16.1 Å². The third kappa shape index (κ3) is 1.93. The van der Waals surface area contributed by atoms with Crippen molar-refractivity contribution in [1.82, 2.24) is 0 Å². The normalized spacial score (nSPS) is 34.1. The van der Waals surface area contributed by atoms with E-state index >= 15 is 0 Å². The van der Waals surface area contributed by atoms with Gasteiger partial charge in [-0.2, -0.15) is 0 Å². The Morgan fingerprint density at radius 2 is 1.57 bits per heavy atom. The number of benzene rings is 2. The number of rotatable bonds is 1. The SMILES string of the molecule is O=S1(=O)C2CCC1CC(O)(c1ccc3ccccc3c1)C2. The first-order chi connectivity index (χ1) is 9.99. The summed E-state index contributed by atoms with van der Waals surface area (Å²) in [5.74, 6) is 0. The molecule has 1 N–H and O–H groups in total. The van der Waals surface area contributed by atoms with Crippen LogP contribution in [-0.4, -0.2) is 24.0 Å². The van der Waals surface area contributed by atoms with Gasteiger partial charge >= 0.3 is 0 Å². The highest BCUT2D eigenvalue weighted by atomic mass is 32.2. The van der Waals surface area contributed by atoms with Crippen molar-refractivity contribution in [3.8, 4) is 0 Å². The van der Waals surface area contributed by atoms with E-state index in [-0.39, 0.29) is 10.5 Å². The lowest BCUT2D eigenvalue weighted by molar-refractivity contribution is 0.0174. The molecule has 2 bridgehead atoms. The molecule has 4 heteroatoms. The molecule has 0 spiro atoms. The van der Waals surface area contributed by atoms with Crippen molar-refractivity contribution in [2.45, 2.75) is 41.8 Å². The first-order valence-electron chi connectivity index (χ1n) is 7.43. The minimum Gasteiger partial charge on any atom is -0.385 e. The van der Waals surface area contributed by atoms with Crippen molar-refractivity contribution in [3.05, 3.63) is 48.0 Å². The van der Waals surface area contributed by atoms with E-state index < -0.39 is 15.4 Å². The fraction of sp³-hybridized carbons (Fsp3) is 0.412. The molecule has 0 aromatic heterocycles. The molecule has 110 valence electrons. The van der Waals surface area contributed by atoms with Gasteiger partial charge in [-0.3, -0.25) is 0 Å². The molecule has 2 aliphatic rings. The van der Waals surface area contributed by atoms with E-state index in [0.29, 0.717) is 25.7 Å². The number of hydrogen-bond donors (Lipinski definition) is 1. The number of sulfone groups is 1. The van der Waals surface area contributed by atoms with Crippen LogP contribution in [0.4, 0.5) is 0 Å². The zero-order chi connectivity index (χ0) is 14.7. The molecule has 2 saturated heterocycles. The quantitative estimate of drug-likeness (QED) is 0.881. The summed E-state index contributed by atoms with van der Waals surface area (Å²) in [6, 6.07) is 14.0. The summed E-state index contributed by atoms with van der Waals surface area (Å²) in [7, 11) is -3.01. The summed E-state index contributed by atoms with van der Waals surface area (Å²) < 4.78 is 24.4. The summed E-state index contributed by atoms with van der Waals surface area (Å²) >= 11 is 0. The summed E-state index contributed by atoms with van der Waals surface area (Å²) in [4.78, 5) is 0. The van der Waals surface area contributed by atoms with Crippen molar-refractivity contribution in [2.24, 2.45) is 0 Å². The van der Waals surface area contributed by atoms with E-state index in [4.69, 9.17) is 0 Å². The van der Waals surface area contributed by atoms with E-state index in [1.54, 1.807) is 0 Å². The zero-order valence-electron chi connectivity index (χ0n) is 11.7. The van der Waals surface area contributed by atoms with E-state index in [1.807, 2.05) is 42.5 Å². The first kappa shape index (κ1) is 13.3. The Balaban J connectivity index is 1.78. The van der Waals surface area contributed by atoms with Crippen molar-refractivity contribution >= 4 is 20.6 Å². The molecule has 2 heterocycles. The van der Waals surface area contributed by atoms with Crippen LogP contribution in [-0.2, 0) is 15.4 Å². The van der Waals surface area contributed by atoms with Gasteiger partial charge in [-0.15, -0.1) is 0 Å². The third-order valence-electron chi connectivity index (χ3n) is 5.16. The highest BCUT2D eigenvalue weighted by Crippen LogP contribution is 2.47. The molecule has 0 aliphatic carbocycles. The van der Waals surface area contributed by atoms with Crippen LogP contribution >= 0.6 is 0 Å². The maximum absolute atomic E-state index is 12.2. The van der Waals surface area contributed by atoms with E-state index in [1.165, 1.54) is 0 Å². The first-order valence-corrected chi connectivity index (χ1v) is 9.04. The molecule has 0 radical (unpaired) electrons. The minimum atomic E-state index is -3.01. The smallest absolute Gasteiger partial charge is 0.156 e. The minimum absolute atomic E-state index is 0.337. The van der Waals surface area contributed by atoms with Crippen LogP contribution < -0.4 is 0 Å². The Labute approximate surface area is 124 Å². The van der Waals surface area contributed by atoms with Crippen molar-refractivity contribution in [3.63, 3.8) is 0 Å². The summed E-state index contributed by atoms with van der Waals surface area (Å²) in [5, 5.41) is 12.5. The number of hydrogen-bond acceptors (Lipinski definition) is 3. The van der Waals surface area contributed by atoms with Crippen molar-refractivity contribution in [1.29, 1.82) is 0 Å². The lowest BCUT2D eigenvalue weighted by Gasteiger charge is -2.36. The molecule has 2 atom stereocenters.